The van der Waals surface area contributed by atoms with Crippen LogP contribution in [-0.2, 0) is 16.0 Å². The number of rotatable bonds is 6. The maximum absolute atomic E-state index is 12.6. The summed E-state index contributed by atoms with van der Waals surface area (Å²) in [6.07, 6.45) is 5.66. The van der Waals surface area contributed by atoms with Crippen molar-refractivity contribution in [2.45, 2.75) is 57.4 Å². The molecule has 0 heterocycles. The SMILES string of the molecule is CCCNC(=O)C1(NC(=O)Cc2ccc(N)cc2)CCCCC1. The molecule has 0 radical (unpaired) electrons. The summed E-state index contributed by atoms with van der Waals surface area (Å²) in [7, 11) is 0. The topological polar surface area (TPSA) is 84.2 Å². The minimum Gasteiger partial charge on any atom is -0.399 e. The maximum Gasteiger partial charge on any atom is 0.245 e. The molecule has 1 aliphatic carbocycles. The van der Waals surface area contributed by atoms with Gasteiger partial charge in [-0.05, 0) is 37.0 Å². The van der Waals surface area contributed by atoms with Gasteiger partial charge in [-0.2, -0.15) is 0 Å². The van der Waals surface area contributed by atoms with Crippen LogP contribution in [0.5, 0.6) is 0 Å². The summed E-state index contributed by atoms with van der Waals surface area (Å²) in [5.41, 5.74) is 6.50. The fraction of sp³-hybridized carbons (Fsp3) is 0.556. The van der Waals surface area contributed by atoms with E-state index in [9.17, 15) is 9.59 Å². The van der Waals surface area contributed by atoms with Crippen LogP contribution in [0.15, 0.2) is 24.3 Å². The highest BCUT2D eigenvalue weighted by Gasteiger charge is 2.40. The first-order valence-corrected chi connectivity index (χ1v) is 8.49. The first-order chi connectivity index (χ1) is 11.1. The zero-order chi connectivity index (χ0) is 16.7. The molecule has 1 aromatic carbocycles. The molecule has 5 heteroatoms. The lowest BCUT2D eigenvalue weighted by Crippen LogP contribution is -2.60. The molecule has 0 aromatic heterocycles. The summed E-state index contributed by atoms with van der Waals surface area (Å²) < 4.78 is 0. The van der Waals surface area contributed by atoms with Crippen LogP contribution in [0.4, 0.5) is 5.69 Å². The summed E-state index contributed by atoms with van der Waals surface area (Å²) in [5.74, 6) is -0.145. The molecule has 4 N–H and O–H groups in total. The highest BCUT2D eigenvalue weighted by atomic mass is 16.2. The summed E-state index contributed by atoms with van der Waals surface area (Å²) in [4.78, 5) is 25.0. The quantitative estimate of drug-likeness (QED) is 0.703. The lowest BCUT2D eigenvalue weighted by atomic mass is 9.80. The predicted molar refractivity (Wildman–Crippen MR) is 91.8 cm³/mol. The molecule has 126 valence electrons. The van der Waals surface area contributed by atoms with Crippen LogP contribution in [0.25, 0.3) is 0 Å². The molecule has 1 aliphatic rings. The fourth-order valence-corrected chi connectivity index (χ4v) is 3.10. The van der Waals surface area contributed by atoms with Gasteiger partial charge < -0.3 is 16.4 Å². The van der Waals surface area contributed by atoms with Crippen molar-refractivity contribution in [1.82, 2.24) is 10.6 Å². The molecular weight excluding hydrogens is 290 g/mol. The smallest absolute Gasteiger partial charge is 0.245 e. The molecule has 0 saturated heterocycles. The van der Waals surface area contributed by atoms with Crippen molar-refractivity contribution in [2.24, 2.45) is 0 Å². The monoisotopic (exact) mass is 317 g/mol. The van der Waals surface area contributed by atoms with Gasteiger partial charge in [-0.3, -0.25) is 9.59 Å². The number of nitrogen functional groups attached to an aromatic ring is 1. The van der Waals surface area contributed by atoms with Gasteiger partial charge in [0.25, 0.3) is 0 Å². The Kier molecular flexibility index (Phi) is 6.02. The van der Waals surface area contributed by atoms with Crippen molar-refractivity contribution >= 4 is 17.5 Å². The van der Waals surface area contributed by atoms with E-state index >= 15 is 0 Å². The van der Waals surface area contributed by atoms with Crippen LogP contribution in [0.3, 0.4) is 0 Å². The molecule has 0 atom stereocenters. The minimum atomic E-state index is -0.738. The number of anilines is 1. The molecule has 0 aliphatic heterocycles. The van der Waals surface area contributed by atoms with E-state index in [-0.39, 0.29) is 18.2 Å². The molecular formula is C18H27N3O2. The summed E-state index contributed by atoms with van der Waals surface area (Å²) in [6, 6.07) is 7.26. The number of nitrogens with one attached hydrogen (secondary N) is 2. The number of benzene rings is 1. The first kappa shape index (κ1) is 17.3. The summed E-state index contributed by atoms with van der Waals surface area (Å²) >= 11 is 0. The Hall–Kier alpha value is -2.04. The Bertz CT molecular complexity index is 534. The number of carbonyl (C=O) groups is 2. The van der Waals surface area contributed by atoms with Gasteiger partial charge in [-0.15, -0.1) is 0 Å². The Morgan fingerprint density at radius 3 is 2.39 bits per heavy atom. The predicted octanol–water partition coefficient (Wildman–Crippen LogP) is 2.16. The molecule has 1 aromatic rings. The second-order valence-corrected chi connectivity index (χ2v) is 6.37. The van der Waals surface area contributed by atoms with Gasteiger partial charge in [0.05, 0.1) is 6.42 Å². The Morgan fingerprint density at radius 1 is 1.13 bits per heavy atom. The van der Waals surface area contributed by atoms with Crippen molar-refractivity contribution in [2.75, 3.05) is 12.3 Å². The number of carbonyl (C=O) groups excluding carboxylic acids is 2. The van der Waals surface area contributed by atoms with E-state index in [1.807, 2.05) is 19.1 Å². The van der Waals surface area contributed by atoms with Crippen molar-refractivity contribution in [1.29, 1.82) is 0 Å². The molecule has 2 amide bonds. The highest BCUT2D eigenvalue weighted by molar-refractivity contribution is 5.92. The van der Waals surface area contributed by atoms with E-state index in [2.05, 4.69) is 10.6 Å². The van der Waals surface area contributed by atoms with Crippen molar-refractivity contribution in [3.8, 4) is 0 Å². The van der Waals surface area contributed by atoms with Gasteiger partial charge >= 0.3 is 0 Å². The number of hydrogen-bond acceptors (Lipinski definition) is 3. The summed E-state index contributed by atoms with van der Waals surface area (Å²) in [5, 5.41) is 5.97. The Labute approximate surface area is 138 Å². The van der Waals surface area contributed by atoms with E-state index in [1.165, 1.54) is 0 Å². The van der Waals surface area contributed by atoms with Crippen molar-refractivity contribution in [3.63, 3.8) is 0 Å². The second kappa shape index (κ2) is 7.99. The molecule has 0 unspecified atom stereocenters. The minimum absolute atomic E-state index is 0.0373. The van der Waals surface area contributed by atoms with Crippen LogP contribution in [0.1, 0.15) is 51.0 Å². The Balaban J connectivity index is 2.03. The lowest BCUT2D eigenvalue weighted by Gasteiger charge is -2.36. The van der Waals surface area contributed by atoms with E-state index in [4.69, 9.17) is 5.73 Å². The molecule has 1 saturated carbocycles. The number of nitrogens with two attached hydrogens (primary N) is 1. The van der Waals surface area contributed by atoms with Gasteiger partial charge in [-0.25, -0.2) is 0 Å². The Morgan fingerprint density at radius 2 is 1.78 bits per heavy atom. The van der Waals surface area contributed by atoms with Crippen LogP contribution in [0.2, 0.25) is 0 Å². The van der Waals surface area contributed by atoms with E-state index in [0.29, 0.717) is 12.2 Å². The lowest BCUT2D eigenvalue weighted by molar-refractivity contribution is -0.134. The average Bonchev–Trinajstić information content (AvgIpc) is 2.55. The second-order valence-electron chi connectivity index (χ2n) is 6.37. The first-order valence-electron chi connectivity index (χ1n) is 8.49. The highest BCUT2D eigenvalue weighted by Crippen LogP contribution is 2.28. The normalized spacial score (nSPS) is 16.6. The molecule has 0 spiro atoms. The van der Waals surface area contributed by atoms with E-state index < -0.39 is 5.54 Å². The fourth-order valence-electron chi connectivity index (χ4n) is 3.10. The van der Waals surface area contributed by atoms with E-state index in [0.717, 1.165) is 44.1 Å². The van der Waals surface area contributed by atoms with E-state index in [1.54, 1.807) is 12.1 Å². The van der Waals surface area contributed by atoms with Crippen LogP contribution >= 0.6 is 0 Å². The third-order valence-electron chi connectivity index (χ3n) is 4.40. The zero-order valence-electron chi connectivity index (χ0n) is 13.9. The van der Waals surface area contributed by atoms with Gasteiger partial charge in [0, 0.05) is 12.2 Å². The van der Waals surface area contributed by atoms with Crippen molar-refractivity contribution in [3.05, 3.63) is 29.8 Å². The van der Waals surface area contributed by atoms with Gasteiger partial charge in [-0.1, -0.05) is 38.3 Å². The van der Waals surface area contributed by atoms with Gasteiger partial charge in [0.2, 0.25) is 11.8 Å². The van der Waals surface area contributed by atoms with Crippen LogP contribution < -0.4 is 16.4 Å². The zero-order valence-corrected chi connectivity index (χ0v) is 13.9. The van der Waals surface area contributed by atoms with Crippen LogP contribution in [0, 0.1) is 0 Å². The largest absolute Gasteiger partial charge is 0.399 e. The third-order valence-corrected chi connectivity index (χ3v) is 4.40. The molecule has 23 heavy (non-hydrogen) atoms. The maximum atomic E-state index is 12.6. The van der Waals surface area contributed by atoms with Gasteiger partial charge in [0.15, 0.2) is 0 Å². The average molecular weight is 317 g/mol. The molecule has 1 fully saturated rings. The molecule has 2 rings (SSSR count). The van der Waals surface area contributed by atoms with Crippen LogP contribution in [-0.4, -0.2) is 23.9 Å². The number of hydrogen-bond donors (Lipinski definition) is 3. The number of amides is 2. The summed E-state index contributed by atoms with van der Waals surface area (Å²) in [6.45, 7) is 2.67. The van der Waals surface area contributed by atoms with Crippen molar-refractivity contribution < 1.29 is 9.59 Å². The van der Waals surface area contributed by atoms with Gasteiger partial charge in [0.1, 0.15) is 5.54 Å². The molecule has 0 bridgehead atoms. The standard InChI is InChI=1S/C18H27N3O2/c1-2-12-20-17(23)18(10-4-3-5-11-18)21-16(22)13-14-6-8-15(19)9-7-14/h6-9H,2-5,10-13,19H2,1H3,(H,20,23)(H,21,22). The third kappa shape index (κ3) is 4.71. The molecule has 5 nitrogen and oxygen atoms in total.